The van der Waals surface area contributed by atoms with Crippen LogP contribution in [-0.2, 0) is 0 Å². The molecule has 0 heterocycles. The lowest BCUT2D eigenvalue weighted by molar-refractivity contribution is 0.344. The fourth-order valence-electron chi connectivity index (χ4n) is 2.96. The maximum Gasteiger partial charge on any atom is 0.120 e. The van der Waals surface area contributed by atoms with Gasteiger partial charge in [0.05, 0.1) is 0 Å². The Morgan fingerprint density at radius 2 is 1.94 bits per heavy atom. The molecule has 0 aromatic heterocycles. The van der Waals surface area contributed by atoms with Gasteiger partial charge in [-0.3, -0.25) is 0 Å². The highest BCUT2D eigenvalue weighted by atomic mass is 16.3. The van der Waals surface area contributed by atoms with Crippen molar-refractivity contribution in [3.63, 3.8) is 0 Å². The molecule has 0 bridgehead atoms. The third-order valence-electron chi connectivity index (χ3n) is 3.79. The Kier molecular flexibility index (Phi) is 3.41. The molecule has 0 radical (unpaired) electrons. The van der Waals surface area contributed by atoms with Gasteiger partial charge in [0, 0.05) is 18.2 Å². The van der Waals surface area contributed by atoms with E-state index in [4.69, 9.17) is 0 Å². The van der Waals surface area contributed by atoms with Crippen LogP contribution in [0.1, 0.15) is 62.8 Å². The van der Waals surface area contributed by atoms with Crippen LogP contribution in [0.5, 0.6) is 5.75 Å². The first kappa shape index (κ1) is 13.4. The molecule has 2 unspecified atom stereocenters. The summed E-state index contributed by atoms with van der Waals surface area (Å²) in [6.07, 6.45) is 1.09. The molecule has 0 spiro atoms. The number of aryl methyl sites for hydroxylation is 1. The van der Waals surface area contributed by atoms with Gasteiger partial charge >= 0.3 is 0 Å². The van der Waals surface area contributed by atoms with Crippen LogP contribution in [0, 0.1) is 12.3 Å². The minimum atomic E-state index is 0.269. The van der Waals surface area contributed by atoms with Crippen LogP contribution in [0.15, 0.2) is 12.1 Å². The van der Waals surface area contributed by atoms with Crippen molar-refractivity contribution >= 4 is 0 Å². The maximum absolute atomic E-state index is 10.1. The summed E-state index contributed by atoms with van der Waals surface area (Å²) in [5.74, 6) is 0.982. The lowest BCUT2D eigenvalue weighted by Gasteiger charge is -2.23. The number of phenols is 1. The molecular formula is C16H25NO. The molecule has 2 nitrogen and oxygen atoms in total. The van der Waals surface area contributed by atoms with Crippen LogP contribution in [0.3, 0.4) is 0 Å². The zero-order valence-electron chi connectivity index (χ0n) is 12.2. The molecule has 0 amide bonds. The number of rotatable bonds is 2. The van der Waals surface area contributed by atoms with Gasteiger partial charge in [0.2, 0.25) is 0 Å². The van der Waals surface area contributed by atoms with Crippen molar-refractivity contribution in [3.8, 4) is 5.75 Å². The van der Waals surface area contributed by atoms with E-state index in [-0.39, 0.29) is 5.41 Å². The van der Waals surface area contributed by atoms with E-state index in [1.165, 1.54) is 11.1 Å². The van der Waals surface area contributed by atoms with Crippen molar-refractivity contribution in [1.29, 1.82) is 0 Å². The second kappa shape index (κ2) is 4.58. The zero-order chi connectivity index (χ0) is 13.5. The molecule has 0 fully saturated rings. The van der Waals surface area contributed by atoms with Crippen LogP contribution in [0.2, 0.25) is 0 Å². The van der Waals surface area contributed by atoms with Crippen molar-refractivity contribution in [3.05, 3.63) is 28.8 Å². The Hall–Kier alpha value is -1.02. The molecule has 0 saturated heterocycles. The third kappa shape index (κ3) is 2.54. The van der Waals surface area contributed by atoms with E-state index in [1.807, 2.05) is 12.1 Å². The fourth-order valence-corrected chi connectivity index (χ4v) is 2.96. The topological polar surface area (TPSA) is 32.3 Å². The van der Waals surface area contributed by atoms with Crippen LogP contribution in [0.25, 0.3) is 0 Å². The summed E-state index contributed by atoms with van der Waals surface area (Å²) in [4.78, 5) is 0. The Labute approximate surface area is 110 Å². The van der Waals surface area contributed by atoms with Gasteiger partial charge in [-0.1, -0.05) is 33.8 Å². The summed E-state index contributed by atoms with van der Waals surface area (Å²) in [5.41, 5.74) is 4.05. The quantitative estimate of drug-likeness (QED) is 0.831. The molecule has 0 aliphatic heterocycles. The average molecular weight is 247 g/mol. The van der Waals surface area contributed by atoms with Crippen molar-refractivity contribution in [2.45, 2.75) is 53.0 Å². The van der Waals surface area contributed by atoms with Gasteiger partial charge < -0.3 is 10.4 Å². The summed E-state index contributed by atoms with van der Waals surface area (Å²) >= 11 is 0. The van der Waals surface area contributed by atoms with Crippen LogP contribution in [-0.4, -0.2) is 11.7 Å². The molecular weight excluding hydrogens is 222 g/mol. The first-order chi connectivity index (χ1) is 8.29. The van der Waals surface area contributed by atoms with E-state index < -0.39 is 0 Å². The second-order valence-corrected chi connectivity index (χ2v) is 6.86. The Bertz CT molecular complexity index is 445. The maximum atomic E-state index is 10.1. The van der Waals surface area contributed by atoms with Crippen molar-refractivity contribution < 1.29 is 5.11 Å². The zero-order valence-corrected chi connectivity index (χ0v) is 12.2. The van der Waals surface area contributed by atoms with Gasteiger partial charge in [-0.25, -0.2) is 0 Å². The number of phenolic OH excluding ortho intramolecular Hbond substituents is 1. The van der Waals surface area contributed by atoms with Crippen molar-refractivity contribution in [2.24, 2.45) is 5.41 Å². The molecule has 18 heavy (non-hydrogen) atoms. The molecule has 2 atom stereocenters. The highest BCUT2D eigenvalue weighted by molar-refractivity contribution is 5.50. The van der Waals surface area contributed by atoms with Crippen molar-refractivity contribution in [1.82, 2.24) is 5.32 Å². The van der Waals surface area contributed by atoms with E-state index in [9.17, 15) is 5.11 Å². The number of hydrogen-bond donors (Lipinski definition) is 2. The first-order valence-corrected chi connectivity index (χ1v) is 6.85. The van der Waals surface area contributed by atoms with Gasteiger partial charge in [-0.05, 0) is 41.9 Å². The Balaban J connectivity index is 2.27. The van der Waals surface area contributed by atoms with Crippen molar-refractivity contribution in [2.75, 3.05) is 6.54 Å². The number of aromatic hydroxyl groups is 1. The highest BCUT2D eigenvalue weighted by Crippen LogP contribution is 2.46. The Morgan fingerprint density at radius 3 is 2.56 bits per heavy atom. The molecule has 1 aliphatic carbocycles. The summed E-state index contributed by atoms with van der Waals surface area (Å²) < 4.78 is 0. The van der Waals surface area contributed by atoms with Gasteiger partial charge in [0.15, 0.2) is 0 Å². The minimum absolute atomic E-state index is 0.269. The molecule has 1 aliphatic rings. The van der Waals surface area contributed by atoms with E-state index in [2.05, 4.69) is 39.9 Å². The van der Waals surface area contributed by atoms with Gasteiger partial charge in [-0.2, -0.15) is 0 Å². The van der Waals surface area contributed by atoms with Gasteiger partial charge in [-0.15, -0.1) is 0 Å². The van der Waals surface area contributed by atoms with Gasteiger partial charge in [0.1, 0.15) is 5.75 Å². The SMILES string of the molecule is Cc1ccc(O)c2c1C(C)CC2NCC(C)(C)C. The smallest absolute Gasteiger partial charge is 0.120 e. The van der Waals surface area contributed by atoms with E-state index in [1.54, 1.807) is 0 Å². The normalized spacial score (nSPS) is 23.2. The number of benzene rings is 1. The standard InChI is InChI=1S/C16H25NO/c1-10-6-7-13(18)15-12(8-11(2)14(10)15)17-9-16(3,4)5/h6-7,11-12,17-18H,8-9H2,1-5H3. The molecule has 2 heteroatoms. The van der Waals surface area contributed by atoms with Crippen LogP contribution >= 0.6 is 0 Å². The molecule has 1 aromatic rings. The largest absolute Gasteiger partial charge is 0.508 e. The summed E-state index contributed by atoms with van der Waals surface area (Å²) in [6.45, 7) is 12.1. The lowest BCUT2D eigenvalue weighted by Crippen LogP contribution is -2.29. The first-order valence-electron chi connectivity index (χ1n) is 6.85. The number of hydrogen-bond acceptors (Lipinski definition) is 2. The monoisotopic (exact) mass is 247 g/mol. The van der Waals surface area contributed by atoms with E-state index in [0.717, 1.165) is 18.5 Å². The van der Waals surface area contributed by atoms with Crippen LogP contribution < -0.4 is 5.32 Å². The number of fused-ring (bicyclic) bond motifs is 1. The Morgan fingerprint density at radius 1 is 1.28 bits per heavy atom. The molecule has 2 rings (SSSR count). The molecule has 2 N–H and O–H groups in total. The average Bonchev–Trinajstić information content (AvgIpc) is 2.59. The predicted octanol–water partition coefficient (Wildman–Crippen LogP) is 3.88. The molecule has 100 valence electrons. The summed E-state index contributed by atoms with van der Waals surface area (Å²) in [7, 11) is 0. The fraction of sp³-hybridized carbons (Fsp3) is 0.625. The number of nitrogens with one attached hydrogen (secondary N) is 1. The molecule has 0 saturated carbocycles. The predicted molar refractivity (Wildman–Crippen MR) is 76.1 cm³/mol. The summed E-state index contributed by atoms with van der Waals surface area (Å²) in [5, 5.41) is 13.7. The lowest BCUT2D eigenvalue weighted by atomic mass is 9.95. The highest BCUT2D eigenvalue weighted by Gasteiger charge is 2.32. The van der Waals surface area contributed by atoms with E-state index >= 15 is 0 Å². The third-order valence-corrected chi connectivity index (χ3v) is 3.79. The van der Waals surface area contributed by atoms with E-state index in [0.29, 0.717) is 17.7 Å². The summed E-state index contributed by atoms with van der Waals surface area (Å²) in [6, 6.07) is 4.16. The molecule has 1 aromatic carbocycles. The second-order valence-electron chi connectivity index (χ2n) is 6.86. The minimum Gasteiger partial charge on any atom is -0.508 e. The van der Waals surface area contributed by atoms with Crippen LogP contribution in [0.4, 0.5) is 0 Å². The van der Waals surface area contributed by atoms with Gasteiger partial charge in [0.25, 0.3) is 0 Å².